The lowest BCUT2D eigenvalue weighted by atomic mass is 9.99. The first-order chi connectivity index (χ1) is 6.33. The van der Waals surface area contributed by atoms with Crippen molar-refractivity contribution in [2.24, 2.45) is 0 Å². The van der Waals surface area contributed by atoms with E-state index in [1.165, 1.54) is 21.9 Å². The molecule has 0 saturated carbocycles. The van der Waals surface area contributed by atoms with Gasteiger partial charge in [0.25, 0.3) is 0 Å². The van der Waals surface area contributed by atoms with Crippen molar-refractivity contribution in [3.05, 3.63) is 47.5 Å². The molecule has 66 valence electrons. The van der Waals surface area contributed by atoms with Crippen LogP contribution in [0, 0.1) is 6.92 Å². The Morgan fingerprint density at radius 2 is 1.69 bits per heavy atom. The van der Waals surface area contributed by atoms with Crippen LogP contribution in [0.4, 0.5) is 0 Å². The minimum atomic E-state index is 1.11. The van der Waals surface area contributed by atoms with E-state index in [1.54, 1.807) is 0 Å². The van der Waals surface area contributed by atoms with Gasteiger partial charge >= 0.3 is 0 Å². The van der Waals surface area contributed by atoms with Crippen molar-refractivity contribution < 1.29 is 0 Å². The Kier molecular flexibility index (Phi) is 2.05. The Labute approximate surface area is 79.2 Å². The summed E-state index contributed by atoms with van der Waals surface area (Å²) in [7, 11) is 0. The highest BCUT2D eigenvalue weighted by Crippen LogP contribution is 2.22. The molecule has 0 unspecified atom stereocenters. The molecular formula is C13H14. The van der Waals surface area contributed by atoms with Crippen LogP contribution in [0.5, 0.6) is 0 Å². The molecule has 0 aliphatic carbocycles. The van der Waals surface area contributed by atoms with Gasteiger partial charge in [0.1, 0.15) is 0 Å². The van der Waals surface area contributed by atoms with Gasteiger partial charge in [0, 0.05) is 0 Å². The maximum absolute atomic E-state index is 2.22. The zero-order valence-electron chi connectivity index (χ0n) is 8.17. The normalized spacial score (nSPS) is 10.6. The number of aryl methyl sites for hydroxylation is 2. The van der Waals surface area contributed by atoms with E-state index in [1.807, 2.05) is 0 Å². The zero-order valence-corrected chi connectivity index (χ0v) is 8.17. The maximum atomic E-state index is 2.22. The third-order valence-electron chi connectivity index (χ3n) is 2.58. The minimum absolute atomic E-state index is 1.11. The van der Waals surface area contributed by atoms with Gasteiger partial charge in [0.15, 0.2) is 0 Å². The first-order valence-electron chi connectivity index (χ1n) is 4.80. The summed E-state index contributed by atoms with van der Waals surface area (Å²) in [6.45, 7) is 4.39. The Morgan fingerprint density at radius 3 is 2.38 bits per heavy atom. The number of fused-ring (bicyclic) bond motifs is 1. The lowest BCUT2D eigenvalue weighted by molar-refractivity contribution is 1.16. The molecule has 0 saturated heterocycles. The van der Waals surface area contributed by atoms with Gasteiger partial charge < -0.3 is 0 Å². The van der Waals surface area contributed by atoms with Crippen LogP contribution < -0.4 is 0 Å². The summed E-state index contributed by atoms with van der Waals surface area (Å²) in [6, 6.07) is 13.0. The second kappa shape index (κ2) is 3.21. The SMILES string of the molecule is CCc1cccc2cccc(C)c12. The number of hydrogen-bond donors (Lipinski definition) is 0. The van der Waals surface area contributed by atoms with E-state index in [9.17, 15) is 0 Å². The Morgan fingerprint density at radius 1 is 1.00 bits per heavy atom. The molecule has 2 rings (SSSR count). The lowest BCUT2D eigenvalue weighted by Crippen LogP contribution is -1.85. The fraction of sp³-hybridized carbons (Fsp3) is 0.231. The molecule has 0 bridgehead atoms. The summed E-state index contributed by atoms with van der Waals surface area (Å²) in [5.41, 5.74) is 2.84. The van der Waals surface area contributed by atoms with Crippen molar-refractivity contribution in [1.29, 1.82) is 0 Å². The molecule has 0 aromatic heterocycles. The van der Waals surface area contributed by atoms with Gasteiger partial charge in [-0.1, -0.05) is 43.3 Å². The second-order valence-corrected chi connectivity index (χ2v) is 3.44. The van der Waals surface area contributed by atoms with Crippen LogP contribution in [0.2, 0.25) is 0 Å². The predicted octanol–water partition coefficient (Wildman–Crippen LogP) is 3.71. The van der Waals surface area contributed by atoms with Crippen LogP contribution in [-0.2, 0) is 6.42 Å². The van der Waals surface area contributed by atoms with Crippen LogP contribution >= 0.6 is 0 Å². The highest BCUT2D eigenvalue weighted by Gasteiger charge is 2.00. The molecule has 0 aliphatic heterocycles. The number of rotatable bonds is 1. The molecule has 0 nitrogen and oxygen atoms in total. The van der Waals surface area contributed by atoms with Gasteiger partial charge in [-0.2, -0.15) is 0 Å². The molecule has 0 spiro atoms. The lowest BCUT2D eigenvalue weighted by Gasteiger charge is -2.06. The van der Waals surface area contributed by atoms with E-state index < -0.39 is 0 Å². The van der Waals surface area contributed by atoms with Gasteiger partial charge in [-0.05, 0) is 35.2 Å². The second-order valence-electron chi connectivity index (χ2n) is 3.44. The summed E-state index contributed by atoms with van der Waals surface area (Å²) in [6.07, 6.45) is 1.11. The summed E-state index contributed by atoms with van der Waals surface area (Å²) in [5, 5.41) is 2.80. The molecule has 0 aliphatic rings. The first kappa shape index (κ1) is 8.31. The van der Waals surface area contributed by atoms with Gasteiger partial charge in [0.2, 0.25) is 0 Å². The van der Waals surface area contributed by atoms with Gasteiger partial charge in [-0.25, -0.2) is 0 Å². The largest absolute Gasteiger partial charge is 0.0614 e. The zero-order chi connectivity index (χ0) is 9.26. The Balaban J connectivity index is 2.87. The van der Waals surface area contributed by atoms with E-state index in [0.29, 0.717) is 0 Å². The smallest absolute Gasteiger partial charge is 0.0123 e. The predicted molar refractivity (Wildman–Crippen MR) is 58.1 cm³/mol. The van der Waals surface area contributed by atoms with Crippen molar-refractivity contribution in [3.63, 3.8) is 0 Å². The third kappa shape index (κ3) is 1.33. The molecule has 2 aromatic carbocycles. The van der Waals surface area contributed by atoms with E-state index in [2.05, 4.69) is 50.2 Å². The Bertz CT molecular complexity index is 422. The van der Waals surface area contributed by atoms with Gasteiger partial charge in [-0.3, -0.25) is 0 Å². The quantitative estimate of drug-likeness (QED) is 0.612. The van der Waals surface area contributed by atoms with E-state index in [-0.39, 0.29) is 0 Å². The molecule has 0 N–H and O–H groups in total. The molecule has 0 amide bonds. The molecule has 0 heterocycles. The molecule has 2 aromatic rings. The molecule has 0 atom stereocenters. The first-order valence-corrected chi connectivity index (χ1v) is 4.80. The third-order valence-corrected chi connectivity index (χ3v) is 2.58. The average molecular weight is 170 g/mol. The van der Waals surface area contributed by atoms with Crippen molar-refractivity contribution in [2.75, 3.05) is 0 Å². The van der Waals surface area contributed by atoms with Crippen molar-refractivity contribution in [3.8, 4) is 0 Å². The molecular weight excluding hydrogens is 156 g/mol. The van der Waals surface area contributed by atoms with Crippen LogP contribution in [0.3, 0.4) is 0 Å². The van der Waals surface area contributed by atoms with Crippen LogP contribution in [0.15, 0.2) is 36.4 Å². The van der Waals surface area contributed by atoms with Crippen LogP contribution in [0.1, 0.15) is 18.1 Å². The van der Waals surface area contributed by atoms with Crippen LogP contribution in [-0.4, -0.2) is 0 Å². The highest BCUT2D eigenvalue weighted by atomic mass is 14.0. The van der Waals surface area contributed by atoms with Gasteiger partial charge in [-0.15, -0.1) is 0 Å². The van der Waals surface area contributed by atoms with Gasteiger partial charge in [0.05, 0.1) is 0 Å². The molecule has 0 heteroatoms. The average Bonchev–Trinajstić information content (AvgIpc) is 2.17. The standard InChI is InChI=1S/C13H14/c1-3-11-7-5-9-12-8-4-6-10(2)13(11)12/h4-9H,3H2,1-2H3. The topological polar surface area (TPSA) is 0 Å². The monoisotopic (exact) mass is 170 g/mol. The van der Waals surface area contributed by atoms with E-state index in [0.717, 1.165) is 6.42 Å². The summed E-state index contributed by atoms with van der Waals surface area (Å²) < 4.78 is 0. The highest BCUT2D eigenvalue weighted by molar-refractivity contribution is 5.88. The number of hydrogen-bond acceptors (Lipinski definition) is 0. The van der Waals surface area contributed by atoms with E-state index in [4.69, 9.17) is 0 Å². The van der Waals surface area contributed by atoms with E-state index >= 15 is 0 Å². The minimum Gasteiger partial charge on any atom is -0.0614 e. The molecule has 13 heavy (non-hydrogen) atoms. The fourth-order valence-electron chi connectivity index (χ4n) is 1.91. The molecule has 0 fully saturated rings. The maximum Gasteiger partial charge on any atom is -0.0123 e. The fourth-order valence-corrected chi connectivity index (χ4v) is 1.91. The van der Waals surface area contributed by atoms with Crippen molar-refractivity contribution >= 4 is 10.8 Å². The van der Waals surface area contributed by atoms with Crippen molar-refractivity contribution in [2.45, 2.75) is 20.3 Å². The van der Waals surface area contributed by atoms with Crippen molar-refractivity contribution in [1.82, 2.24) is 0 Å². The summed E-state index contributed by atoms with van der Waals surface area (Å²) >= 11 is 0. The summed E-state index contributed by atoms with van der Waals surface area (Å²) in [5.74, 6) is 0. The van der Waals surface area contributed by atoms with Crippen LogP contribution in [0.25, 0.3) is 10.8 Å². The molecule has 0 radical (unpaired) electrons. The summed E-state index contributed by atoms with van der Waals surface area (Å²) in [4.78, 5) is 0. The number of benzene rings is 2. The Hall–Kier alpha value is -1.30.